The fourth-order valence-electron chi connectivity index (χ4n) is 5.00. The Bertz CT molecular complexity index is 1630. The fraction of sp³-hybridized carbons (Fsp3) is 0.267. The van der Waals surface area contributed by atoms with Gasteiger partial charge in [0, 0.05) is 42.5 Å². The Balaban J connectivity index is 1.18. The summed E-state index contributed by atoms with van der Waals surface area (Å²) in [5.41, 5.74) is 2.84. The van der Waals surface area contributed by atoms with E-state index < -0.39 is 0 Å². The molecule has 9 heteroatoms. The van der Waals surface area contributed by atoms with Crippen LogP contribution in [0.5, 0.6) is 5.75 Å². The van der Waals surface area contributed by atoms with Gasteiger partial charge in [-0.05, 0) is 60.4 Å². The third kappa shape index (κ3) is 5.84. The maximum absolute atomic E-state index is 13.4. The fourth-order valence-corrected chi connectivity index (χ4v) is 6.34. The Morgan fingerprint density at radius 2 is 2.03 bits per heavy atom. The van der Waals surface area contributed by atoms with Crippen molar-refractivity contribution in [1.82, 2.24) is 14.9 Å². The van der Waals surface area contributed by atoms with Crippen molar-refractivity contribution in [3.63, 3.8) is 0 Å². The molecule has 1 N–H and O–H groups in total. The minimum absolute atomic E-state index is 0.228. The minimum Gasteiger partial charge on any atom is -0.487 e. The molecular weight excluding hydrogens is 535 g/mol. The predicted molar refractivity (Wildman–Crippen MR) is 156 cm³/mol. The summed E-state index contributed by atoms with van der Waals surface area (Å²) in [4.78, 5) is 12.5. The van der Waals surface area contributed by atoms with Gasteiger partial charge in [0.05, 0.1) is 16.5 Å². The van der Waals surface area contributed by atoms with Crippen molar-refractivity contribution in [3.8, 4) is 5.75 Å². The molecule has 1 aliphatic heterocycles. The van der Waals surface area contributed by atoms with Crippen LogP contribution in [-0.4, -0.2) is 47.7 Å². The van der Waals surface area contributed by atoms with Crippen LogP contribution in [0.4, 0.5) is 15.9 Å². The number of methoxy groups -OCH3 is 1. The van der Waals surface area contributed by atoms with Gasteiger partial charge in [-0.2, -0.15) is 0 Å². The summed E-state index contributed by atoms with van der Waals surface area (Å²) in [7, 11) is 1.80. The second-order valence-electron chi connectivity index (χ2n) is 9.72. The van der Waals surface area contributed by atoms with E-state index in [-0.39, 0.29) is 12.4 Å². The van der Waals surface area contributed by atoms with Crippen molar-refractivity contribution < 1.29 is 13.9 Å². The highest BCUT2D eigenvalue weighted by atomic mass is 35.5. The first-order valence-electron chi connectivity index (χ1n) is 12.9. The Kier molecular flexibility index (Phi) is 7.61. The van der Waals surface area contributed by atoms with Crippen LogP contribution >= 0.6 is 22.9 Å². The average Bonchev–Trinajstić information content (AvgIpc) is 3.56. The van der Waals surface area contributed by atoms with Crippen LogP contribution in [0.3, 0.4) is 0 Å². The number of nitrogens with zero attached hydrogens (tertiary/aromatic N) is 3. The van der Waals surface area contributed by atoms with E-state index in [0.29, 0.717) is 16.9 Å². The Labute approximate surface area is 235 Å². The molecular formula is C30H28ClFN4O2S. The van der Waals surface area contributed by atoms with Gasteiger partial charge in [0.25, 0.3) is 0 Å². The van der Waals surface area contributed by atoms with Gasteiger partial charge >= 0.3 is 0 Å². The molecule has 0 saturated carbocycles. The van der Waals surface area contributed by atoms with E-state index in [2.05, 4.69) is 38.4 Å². The zero-order chi connectivity index (χ0) is 26.8. The number of hydrogen-bond donors (Lipinski definition) is 1. The summed E-state index contributed by atoms with van der Waals surface area (Å²) in [5.74, 6) is 0.962. The van der Waals surface area contributed by atoms with Crippen molar-refractivity contribution in [2.24, 2.45) is 0 Å². The van der Waals surface area contributed by atoms with Crippen molar-refractivity contribution in [1.29, 1.82) is 0 Å². The van der Waals surface area contributed by atoms with Gasteiger partial charge < -0.3 is 19.7 Å². The molecule has 1 fully saturated rings. The highest BCUT2D eigenvalue weighted by Crippen LogP contribution is 2.38. The Hall–Kier alpha value is -3.30. The number of halogens is 2. The molecule has 6 rings (SSSR count). The van der Waals surface area contributed by atoms with E-state index in [1.54, 1.807) is 43.0 Å². The zero-order valence-corrected chi connectivity index (χ0v) is 23.1. The van der Waals surface area contributed by atoms with Crippen LogP contribution in [0.2, 0.25) is 5.02 Å². The second kappa shape index (κ2) is 11.4. The molecule has 0 bridgehead atoms. The maximum atomic E-state index is 13.4. The molecule has 3 aromatic carbocycles. The van der Waals surface area contributed by atoms with Crippen LogP contribution in [0.25, 0.3) is 20.3 Å². The maximum Gasteiger partial charge on any atom is 0.143 e. The summed E-state index contributed by atoms with van der Waals surface area (Å²) in [5, 5.41) is 5.99. The van der Waals surface area contributed by atoms with Gasteiger partial charge in [-0.1, -0.05) is 35.9 Å². The molecule has 0 spiro atoms. The van der Waals surface area contributed by atoms with E-state index in [1.165, 1.54) is 22.4 Å². The Morgan fingerprint density at radius 1 is 1.10 bits per heavy atom. The van der Waals surface area contributed by atoms with Gasteiger partial charge in [0.15, 0.2) is 0 Å². The predicted octanol–water partition coefficient (Wildman–Crippen LogP) is 7.22. The summed E-state index contributed by atoms with van der Waals surface area (Å²) >= 11 is 8.19. The van der Waals surface area contributed by atoms with Crippen LogP contribution in [0.15, 0.2) is 67.0 Å². The largest absolute Gasteiger partial charge is 0.487 e. The lowest BCUT2D eigenvalue weighted by Gasteiger charge is -2.15. The van der Waals surface area contributed by atoms with E-state index >= 15 is 0 Å². The molecule has 3 heterocycles. The molecule has 1 unspecified atom stereocenters. The molecule has 5 aromatic rings. The summed E-state index contributed by atoms with van der Waals surface area (Å²) in [6, 6.07) is 18.5. The van der Waals surface area contributed by atoms with Crippen LogP contribution < -0.4 is 10.1 Å². The molecule has 2 aromatic heterocycles. The number of likely N-dealkylation sites (tertiary alicyclic amines) is 1. The third-order valence-electron chi connectivity index (χ3n) is 7.09. The van der Waals surface area contributed by atoms with Gasteiger partial charge in [0.1, 0.15) is 35.1 Å². The number of hydrogen-bond acceptors (Lipinski definition) is 7. The van der Waals surface area contributed by atoms with Gasteiger partial charge in [0.2, 0.25) is 0 Å². The molecule has 39 heavy (non-hydrogen) atoms. The zero-order valence-electron chi connectivity index (χ0n) is 21.5. The topological polar surface area (TPSA) is 59.5 Å². The lowest BCUT2D eigenvalue weighted by atomic mass is 10.1. The van der Waals surface area contributed by atoms with Crippen LogP contribution in [0.1, 0.15) is 17.5 Å². The molecule has 1 atom stereocenters. The summed E-state index contributed by atoms with van der Waals surface area (Å²) in [6.07, 6.45) is 4.05. The molecule has 0 aliphatic carbocycles. The highest BCUT2D eigenvalue weighted by Gasteiger charge is 2.21. The van der Waals surface area contributed by atoms with E-state index in [4.69, 9.17) is 21.1 Å². The van der Waals surface area contributed by atoms with Crippen LogP contribution in [-0.2, 0) is 17.8 Å². The lowest BCUT2D eigenvalue weighted by Crippen LogP contribution is -2.25. The summed E-state index contributed by atoms with van der Waals surface area (Å²) < 4.78 is 26.0. The SMILES string of the molecule is COC1CCN(CCc2ccc3c(c2)sc2ncnc(Nc4ccc(OCc5cccc(F)c5)c(Cl)c4)c23)C1. The molecule has 0 amide bonds. The van der Waals surface area contributed by atoms with E-state index in [9.17, 15) is 4.39 Å². The first kappa shape index (κ1) is 26.0. The average molecular weight is 563 g/mol. The Morgan fingerprint density at radius 3 is 2.85 bits per heavy atom. The van der Waals surface area contributed by atoms with Crippen molar-refractivity contribution in [2.45, 2.75) is 25.6 Å². The monoisotopic (exact) mass is 562 g/mol. The van der Waals surface area contributed by atoms with Crippen molar-refractivity contribution in [2.75, 3.05) is 32.1 Å². The number of ether oxygens (including phenoxy) is 2. The van der Waals surface area contributed by atoms with Gasteiger partial charge in [-0.25, -0.2) is 14.4 Å². The third-order valence-corrected chi connectivity index (χ3v) is 8.45. The molecule has 6 nitrogen and oxygen atoms in total. The minimum atomic E-state index is -0.294. The van der Waals surface area contributed by atoms with Gasteiger partial charge in [-0.15, -0.1) is 11.3 Å². The smallest absolute Gasteiger partial charge is 0.143 e. The number of nitrogens with one attached hydrogen (secondary N) is 1. The second-order valence-corrected chi connectivity index (χ2v) is 11.2. The number of anilines is 2. The number of rotatable bonds is 9. The molecule has 200 valence electrons. The number of thiophene rings is 1. The number of benzene rings is 3. The number of fused-ring (bicyclic) bond motifs is 3. The van der Waals surface area contributed by atoms with E-state index in [0.717, 1.165) is 65.1 Å². The molecule has 1 saturated heterocycles. The molecule has 1 aliphatic rings. The van der Waals surface area contributed by atoms with Crippen LogP contribution in [0, 0.1) is 5.82 Å². The quantitative estimate of drug-likeness (QED) is 0.205. The highest BCUT2D eigenvalue weighted by molar-refractivity contribution is 7.25. The van der Waals surface area contributed by atoms with Gasteiger partial charge in [-0.3, -0.25) is 0 Å². The lowest BCUT2D eigenvalue weighted by molar-refractivity contribution is 0.108. The molecule has 0 radical (unpaired) electrons. The number of aromatic nitrogens is 2. The first-order valence-corrected chi connectivity index (χ1v) is 14.1. The standard InChI is InChI=1S/C30H28ClFN4O2S/c1-37-23-10-12-36(16-23)11-9-19-5-7-24-27(14-19)39-30-28(24)29(33-18-34-30)35-22-6-8-26(25(31)15-22)38-17-20-3-2-4-21(32)13-20/h2-8,13-15,18,23H,9-12,16-17H2,1H3,(H,33,34,35). The van der Waals surface area contributed by atoms with Crippen molar-refractivity contribution in [3.05, 3.63) is 89.0 Å². The normalized spacial score (nSPS) is 15.8. The van der Waals surface area contributed by atoms with E-state index in [1.807, 2.05) is 12.1 Å². The first-order chi connectivity index (χ1) is 19.1. The van der Waals surface area contributed by atoms with Crippen molar-refractivity contribution >= 4 is 54.7 Å². The summed E-state index contributed by atoms with van der Waals surface area (Å²) in [6.45, 7) is 3.37.